The first-order valence-electron chi connectivity index (χ1n) is 10.3. The summed E-state index contributed by atoms with van der Waals surface area (Å²) < 4.78 is 5.77. The number of rotatable bonds is 2. The Kier molecular flexibility index (Phi) is 3.80. The summed E-state index contributed by atoms with van der Waals surface area (Å²) in [6.45, 7) is 0. The number of carbonyl (C=O) groups is 1. The first-order chi connectivity index (χ1) is 15.6. The van der Waals surface area contributed by atoms with Crippen LogP contribution in [0.1, 0.15) is 16.7 Å². The van der Waals surface area contributed by atoms with E-state index in [2.05, 4.69) is 0 Å². The van der Waals surface area contributed by atoms with E-state index in [4.69, 9.17) is 4.74 Å². The van der Waals surface area contributed by atoms with E-state index < -0.39 is 5.41 Å². The lowest BCUT2D eigenvalue weighted by Crippen LogP contribution is -2.36. The lowest BCUT2D eigenvalue weighted by Gasteiger charge is -2.28. The number of benzene rings is 5. The predicted molar refractivity (Wildman–Crippen MR) is 123 cm³/mol. The summed E-state index contributed by atoms with van der Waals surface area (Å²) in [6.07, 6.45) is 0. The fraction of sp³-hybridized carbons (Fsp3) is 0.0357. The van der Waals surface area contributed by atoms with E-state index in [-0.39, 0.29) is 17.5 Å². The summed E-state index contributed by atoms with van der Waals surface area (Å²) in [5, 5.41) is 23.6. The topological polar surface area (TPSA) is 66.8 Å². The fourth-order valence-electron chi connectivity index (χ4n) is 4.80. The van der Waals surface area contributed by atoms with Crippen molar-refractivity contribution in [3.8, 4) is 17.2 Å². The van der Waals surface area contributed by atoms with E-state index in [0.29, 0.717) is 5.75 Å². The van der Waals surface area contributed by atoms with Gasteiger partial charge in [-0.2, -0.15) is 0 Å². The maximum absolute atomic E-state index is 13.6. The number of fused-ring (bicyclic) bond motifs is 3. The highest BCUT2D eigenvalue weighted by atomic mass is 16.5. The molecule has 0 unspecified atom stereocenters. The van der Waals surface area contributed by atoms with E-state index >= 15 is 0 Å². The minimum Gasteiger partial charge on any atom is -0.508 e. The van der Waals surface area contributed by atoms with Gasteiger partial charge in [0.25, 0.3) is 0 Å². The minimum atomic E-state index is -1.17. The summed E-state index contributed by atoms with van der Waals surface area (Å²) in [7, 11) is 0. The Bertz CT molecular complexity index is 1470. The van der Waals surface area contributed by atoms with E-state index in [1.165, 1.54) is 0 Å². The van der Waals surface area contributed by atoms with Crippen molar-refractivity contribution in [3.63, 3.8) is 0 Å². The van der Waals surface area contributed by atoms with Gasteiger partial charge in [-0.15, -0.1) is 0 Å². The molecule has 0 aromatic heterocycles. The first kappa shape index (κ1) is 18.5. The predicted octanol–water partition coefficient (Wildman–Crippen LogP) is 5.66. The Morgan fingerprint density at radius 3 is 1.72 bits per heavy atom. The van der Waals surface area contributed by atoms with Gasteiger partial charge in [0.15, 0.2) is 0 Å². The Hall–Kier alpha value is -4.31. The van der Waals surface area contributed by atoms with Gasteiger partial charge < -0.3 is 14.9 Å². The average Bonchev–Trinajstić information content (AvgIpc) is 3.10. The average molecular weight is 418 g/mol. The smallest absolute Gasteiger partial charge is 0.331 e. The highest BCUT2D eigenvalue weighted by Crippen LogP contribution is 2.50. The molecule has 1 heterocycles. The van der Waals surface area contributed by atoms with Crippen LogP contribution in [-0.2, 0) is 10.2 Å². The second kappa shape index (κ2) is 6.59. The molecule has 5 aromatic carbocycles. The molecule has 0 atom stereocenters. The number of hydrogen-bond donors (Lipinski definition) is 2. The number of phenolic OH excluding ortho intramolecular Hbond substituents is 2. The number of esters is 1. The van der Waals surface area contributed by atoms with Crippen LogP contribution >= 0.6 is 0 Å². The van der Waals surface area contributed by atoms with Crippen molar-refractivity contribution in [1.82, 2.24) is 0 Å². The molecule has 0 saturated carbocycles. The van der Waals surface area contributed by atoms with Gasteiger partial charge >= 0.3 is 5.97 Å². The molecule has 0 aliphatic carbocycles. The highest BCUT2D eigenvalue weighted by molar-refractivity contribution is 6.01. The molecule has 0 bridgehead atoms. The summed E-state index contributed by atoms with van der Waals surface area (Å²) in [4.78, 5) is 13.6. The first-order valence-corrected chi connectivity index (χ1v) is 10.3. The normalized spacial score (nSPS) is 14.4. The van der Waals surface area contributed by atoms with Crippen molar-refractivity contribution in [1.29, 1.82) is 0 Å². The van der Waals surface area contributed by atoms with Gasteiger partial charge in [0, 0.05) is 5.56 Å². The molecule has 0 amide bonds. The van der Waals surface area contributed by atoms with Crippen molar-refractivity contribution in [3.05, 3.63) is 114 Å². The van der Waals surface area contributed by atoms with Crippen LogP contribution in [0.4, 0.5) is 0 Å². The number of para-hydroxylation sites is 1. The molecule has 0 fully saturated rings. The van der Waals surface area contributed by atoms with Crippen LogP contribution < -0.4 is 4.74 Å². The fourth-order valence-corrected chi connectivity index (χ4v) is 4.80. The third-order valence-corrected chi connectivity index (χ3v) is 6.31. The largest absolute Gasteiger partial charge is 0.508 e. The molecule has 154 valence electrons. The maximum Gasteiger partial charge on any atom is 0.331 e. The molecule has 0 spiro atoms. The molecule has 0 saturated heterocycles. The van der Waals surface area contributed by atoms with Crippen molar-refractivity contribution in [2.24, 2.45) is 0 Å². The summed E-state index contributed by atoms with van der Waals surface area (Å²) in [5.41, 5.74) is 1.11. The van der Waals surface area contributed by atoms with Crippen LogP contribution in [0.3, 0.4) is 0 Å². The SMILES string of the molecule is O=C1Oc2ccccc2C1(c1ccc2ccc(O)cc2c1)c1ccc2ccc(O)cc2c1. The van der Waals surface area contributed by atoms with Gasteiger partial charge in [-0.05, 0) is 75.1 Å². The van der Waals surface area contributed by atoms with Gasteiger partial charge in [0.05, 0.1) is 0 Å². The zero-order valence-electron chi connectivity index (χ0n) is 16.9. The highest BCUT2D eigenvalue weighted by Gasteiger charge is 2.52. The van der Waals surface area contributed by atoms with Crippen molar-refractivity contribution in [2.75, 3.05) is 0 Å². The molecule has 4 nitrogen and oxygen atoms in total. The second-order valence-corrected chi connectivity index (χ2v) is 8.13. The van der Waals surface area contributed by atoms with Gasteiger partial charge in [0.2, 0.25) is 0 Å². The number of ether oxygens (including phenoxy) is 1. The van der Waals surface area contributed by atoms with Crippen molar-refractivity contribution in [2.45, 2.75) is 5.41 Å². The van der Waals surface area contributed by atoms with Gasteiger partial charge in [-0.1, -0.05) is 54.6 Å². The Labute approximate surface area is 183 Å². The van der Waals surface area contributed by atoms with E-state index in [0.717, 1.165) is 38.2 Å². The molecule has 1 aliphatic rings. The zero-order chi connectivity index (χ0) is 21.9. The van der Waals surface area contributed by atoms with Crippen LogP contribution in [-0.4, -0.2) is 16.2 Å². The van der Waals surface area contributed by atoms with Crippen LogP contribution in [0.25, 0.3) is 21.5 Å². The molecule has 5 aromatic rings. The number of hydrogen-bond acceptors (Lipinski definition) is 4. The van der Waals surface area contributed by atoms with E-state index in [1.54, 1.807) is 30.3 Å². The number of phenols is 2. The lowest BCUT2D eigenvalue weighted by atomic mass is 9.69. The Balaban J connectivity index is 1.70. The summed E-state index contributed by atoms with van der Waals surface area (Å²) >= 11 is 0. The second-order valence-electron chi connectivity index (χ2n) is 8.13. The quantitative estimate of drug-likeness (QED) is 0.287. The van der Waals surface area contributed by atoms with Gasteiger partial charge in [0.1, 0.15) is 22.7 Å². The summed E-state index contributed by atoms with van der Waals surface area (Å²) in [6, 6.07) is 29.5. The van der Waals surface area contributed by atoms with E-state index in [9.17, 15) is 15.0 Å². The maximum atomic E-state index is 13.6. The monoisotopic (exact) mass is 418 g/mol. The third-order valence-electron chi connectivity index (χ3n) is 6.31. The van der Waals surface area contributed by atoms with Crippen LogP contribution in [0.15, 0.2) is 97.1 Å². The van der Waals surface area contributed by atoms with Crippen molar-refractivity contribution >= 4 is 27.5 Å². The number of aromatic hydroxyl groups is 2. The number of carbonyl (C=O) groups excluding carboxylic acids is 1. The minimum absolute atomic E-state index is 0.166. The summed E-state index contributed by atoms with van der Waals surface area (Å²) in [5.74, 6) is 0.487. The lowest BCUT2D eigenvalue weighted by molar-refractivity contribution is -0.135. The molecule has 2 N–H and O–H groups in total. The molecular formula is C28H18O4. The van der Waals surface area contributed by atoms with Crippen LogP contribution in [0.2, 0.25) is 0 Å². The molecule has 1 aliphatic heterocycles. The van der Waals surface area contributed by atoms with Crippen LogP contribution in [0, 0.1) is 0 Å². The van der Waals surface area contributed by atoms with E-state index in [1.807, 2.05) is 66.7 Å². The zero-order valence-corrected chi connectivity index (χ0v) is 16.9. The molecule has 32 heavy (non-hydrogen) atoms. The Morgan fingerprint density at radius 1 is 0.594 bits per heavy atom. The Morgan fingerprint density at radius 2 is 1.12 bits per heavy atom. The molecule has 0 radical (unpaired) electrons. The molecule has 4 heteroatoms. The third kappa shape index (κ3) is 2.53. The van der Waals surface area contributed by atoms with Gasteiger partial charge in [-0.3, -0.25) is 0 Å². The molecular weight excluding hydrogens is 400 g/mol. The van der Waals surface area contributed by atoms with Gasteiger partial charge in [-0.25, -0.2) is 4.79 Å². The standard InChI is InChI=1S/C28H18O4/c29-23-11-7-17-5-9-21(13-19(17)15-23)28(25-3-1-2-4-26(25)32-27(28)31)22-10-6-18-8-12-24(30)16-20(18)14-22/h1-16,29-30H. The van der Waals surface area contributed by atoms with Crippen molar-refractivity contribution < 1.29 is 19.7 Å². The molecule has 6 rings (SSSR count). The van der Waals surface area contributed by atoms with Crippen LogP contribution in [0.5, 0.6) is 17.2 Å².